The van der Waals surface area contributed by atoms with Crippen molar-refractivity contribution in [3.05, 3.63) is 24.5 Å². The fraction of sp³-hybridized carbons (Fsp3) is 0.562. The van der Waals surface area contributed by atoms with Crippen LogP contribution in [0.15, 0.2) is 27.5 Å². The number of hydrogen-bond acceptors (Lipinski definition) is 6. The largest absolute Gasteiger partial charge is 0.472 e. The molecule has 0 N–H and O–H groups in total. The van der Waals surface area contributed by atoms with Crippen molar-refractivity contribution in [3.63, 3.8) is 0 Å². The number of hydrogen-bond donors (Lipinski definition) is 0. The lowest BCUT2D eigenvalue weighted by Crippen LogP contribution is -2.46. The summed E-state index contributed by atoms with van der Waals surface area (Å²) < 4.78 is 10.4. The van der Waals surface area contributed by atoms with Crippen LogP contribution in [0.4, 0.5) is 4.79 Å². The second kappa shape index (κ2) is 6.27. The van der Waals surface area contributed by atoms with Gasteiger partial charge in [-0.25, -0.2) is 4.79 Å². The number of likely N-dealkylation sites (N-methyl/N-ethyl adjacent to an activating group) is 1. The van der Waals surface area contributed by atoms with E-state index in [-0.39, 0.29) is 6.03 Å². The van der Waals surface area contributed by atoms with Crippen molar-refractivity contribution in [2.24, 2.45) is 0 Å². The Hall–Kier alpha value is -2.35. The Morgan fingerprint density at radius 2 is 2.08 bits per heavy atom. The Balaban J connectivity index is 1.31. The number of nitrogens with zero attached hydrogens (tertiary/aromatic N) is 5. The fourth-order valence-corrected chi connectivity index (χ4v) is 3.42. The number of carbonyl (C=O) groups excluding carboxylic acids is 1. The molecule has 2 amide bonds. The molecular formula is C16H21N5O3. The van der Waals surface area contributed by atoms with E-state index in [1.807, 2.05) is 18.0 Å². The molecule has 2 aliphatic rings. The van der Waals surface area contributed by atoms with Crippen LogP contribution in [-0.4, -0.2) is 70.1 Å². The highest BCUT2D eigenvalue weighted by molar-refractivity contribution is 5.76. The first kappa shape index (κ1) is 15.2. The van der Waals surface area contributed by atoms with Crippen LogP contribution in [0.25, 0.3) is 11.4 Å². The predicted molar refractivity (Wildman–Crippen MR) is 85.0 cm³/mol. The molecule has 24 heavy (non-hydrogen) atoms. The van der Waals surface area contributed by atoms with Crippen LogP contribution in [-0.2, 0) is 6.54 Å². The zero-order chi connectivity index (χ0) is 16.5. The summed E-state index contributed by atoms with van der Waals surface area (Å²) in [4.78, 5) is 22.6. The van der Waals surface area contributed by atoms with Gasteiger partial charge in [-0.15, -0.1) is 0 Å². The Bertz CT molecular complexity index is 690. The van der Waals surface area contributed by atoms with Crippen LogP contribution >= 0.6 is 0 Å². The molecule has 0 radical (unpaired) electrons. The van der Waals surface area contributed by atoms with Gasteiger partial charge in [-0.1, -0.05) is 5.16 Å². The number of likely N-dealkylation sites (tertiary alicyclic amines) is 1. The molecule has 8 heteroatoms. The minimum absolute atomic E-state index is 0.162. The van der Waals surface area contributed by atoms with Gasteiger partial charge in [0, 0.05) is 39.3 Å². The van der Waals surface area contributed by atoms with E-state index in [0.717, 1.165) is 44.6 Å². The zero-order valence-electron chi connectivity index (χ0n) is 13.7. The molecule has 2 fully saturated rings. The molecule has 0 bridgehead atoms. The molecule has 2 aliphatic heterocycles. The number of carbonyl (C=O) groups is 1. The zero-order valence-corrected chi connectivity index (χ0v) is 13.7. The summed E-state index contributed by atoms with van der Waals surface area (Å²) in [6.07, 6.45) is 5.17. The van der Waals surface area contributed by atoms with E-state index in [1.165, 1.54) is 0 Å². The minimum Gasteiger partial charge on any atom is -0.472 e. The smallest absolute Gasteiger partial charge is 0.320 e. The molecule has 128 valence electrons. The van der Waals surface area contributed by atoms with Gasteiger partial charge in [0.1, 0.15) is 6.26 Å². The fourth-order valence-electron chi connectivity index (χ4n) is 3.42. The molecule has 2 aromatic rings. The lowest BCUT2D eigenvalue weighted by Gasteiger charge is -2.35. The van der Waals surface area contributed by atoms with E-state index in [1.54, 1.807) is 17.4 Å². The van der Waals surface area contributed by atoms with Crippen LogP contribution in [0.1, 0.15) is 18.7 Å². The van der Waals surface area contributed by atoms with Crippen molar-refractivity contribution in [2.45, 2.75) is 25.4 Å². The van der Waals surface area contributed by atoms with Gasteiger partial charge < -0.3 is 18.7 Å². The molecule has 0 atom stereocenters. The highest BCUT2D eigenvalue weighted by Gasteiger charge is 2.33. The van der Waals surface area contributed by atoms with Crippen molar-refractivity contribution >= 4 is 6.03 Å². The highest BCUT2D eigenvalue weighted by atomic mass is 16.5. The summed E-state index contributed by atoms with van der Waals surface area (Å²) in [5, 5.41) is 3.99. The van der Waals surface area contributed by atoms with Gasteiger partial charge in [0.2, 0.25) is 11.7 Å². The van der Waals surface area contributed by atoms with Gasteiger partial charge >= 0.3 is 6.03 Å². The highest BCUT2D eigenvalue weighted by Crippen LogP contribution is 2.22. The molecule has 0 spiro atoms. The molecular weight excluding hydrogens is 310 g/mol. The molecule has 2 aromatic heterocycles. The van der Waals surface area contributed by atoms with E-state index >= 15 is 0 Å². The van der Waals surface area contributed by atoms with Crippen molar-refractivity contribution in [1.29, 1.82) is 0 Å². The molecule has 0 unspecified atom stereocenters. The van der Waals surface area contributed by atoms with Gasteiger partial charge in [0.05, 0.1) is 18.4 Å². The average Bonchev–Trinajstić information content (AvgIpc) is 3.32. The van der Waals surface area contributed by atoms with Crippen LogP contribution in [0.5, 0.6) is 0 Å². The Kier molecular flexibility index (Phi) is 3.97. The average molecular weight is 331 g/mol. The molecule has 0 aromatic carbocycles. The molecule has 4 heterocycles. The van der Waals surface area contributed by atoms with Gasteiger partial charge in [0.15, 0.2) is 0 Å². The normalized spacial score (nSPS) is 20.3. The lowest BCUT2D eigenvalue weighted by molar-refractivity contribution is 0.120. The summed E-state index contributed by atoms with van der Waals surface area (Å²) in [6.45, 7) is 4.18. The monoisotopic (exact) mass is 331 g/mol. The topological polar surface area (TPSA) is 78.8 Å². The molecule has 2 saturated heterocycles. The summed E-state index contributed by atoms with van der Waals surface area (Å²) in [5.41, 5.74) is 0.820. The third kappa shape index (κ3) is 2.89. The summed E-state index contributed by atoms with van der Waals surface area (Å²) in [5.74, 6) is 1.17. The van der Waals surface area contributed by atoms with Gasteiger partial charge in [0.25, 0.3) is 0 Å². The van der Waals surface area contributed by atoms with Crippen molar-refractivity contribution in [3.8, 4) is 11.4 Å². The van der Waals surface area contributed by atoms with Crippen molar-refractivity contribution < 1.29 is 13.7 Å². The second-order valence-corrected chi connectivity index (χ2v) is 6.43. The number of furan rings is 1. The van der Waals surface area contributed by atoms with Crippen molar-refractivity contribution in [1.82, 2.24) is 24.8 Å². The maximum Gasteiger partial charge on any atom is 0.320 e. The second-order valence-electron chi connectivity index (χ2n) is 6.43. The molecule has 4 rings (SSSR count). The van der Waals surface area contributed by atoms with Crippen LogP contribution < -0.4 is 0 Å². The summed E-state index contributed by atoms with van der Waals surface area (Å²) in [7, 11) is 1.87. The van der Waals surface area contributed by atoms with Crippen LogP contribution in [0, 0.1) is 0 Å². The summed E-state index contributed by atoms with van der Waals surface area (Å²) >= 11 is 0. The van der Waals surface area contributed by atoms with Crippen LogP contribution in [0.3, 0.4) is 0 Å². The Morgan fingerprint density at radius 1 is 1.25 bits per heavy atom. The first-order chi connectivity index (χ1) is 11.7. The number of amides is 2. The quantitative estimate of drug-likeness (QED) is 0.848. The molecule has 8 nitrogen and oxygen atoms in total. The van der Waals surface area contributed by atoms with Crippen molar-refractivity contribution in [2.75, 3.05) is 33.2 Å². The lowest BCUT2D eigenvalue weighted by atomic mass is 10.0. The molecule has 0 saturated carbocycles. The number of piperidine rings is 1. The molecule has 0 aliphatic carbocycles. The SMILES string of the molecule is CN1CCN(C2CCN(Cc3nc(-c4ccoc4)no3)CC2)C1=O. The maximum absolute atomic E-state index is 12.1. The number of urea groups is 1. The first-order valence-electron chi connectivity index (χ1n) is 8.30. The number of aromatic nitrogens is 2. The van der Waals surface area contributed by atoms with Gasteiger partial charge in [-0.05, 0) is 18.9 Å². The third-order valence-electron chi connectivity index (χ3n) is 4.85. The standard InChI is InChI=1S/C16H21N5O3/c1-19-7-8-21(16(19)22)13-2-5-20(6-3-13)10-14-17-15(18-24-14)12-4-9-23-11-12/h4,9,11,13H,2-3,5-8,10H2,1H3. The number of rotatable bonds is 4. The van der Waals surface area contributed by atoms with E-state index in [9.17, 15) is 4.79 Å². The van der Waals surface area contributed by atoms with E-state index in [2.05, 4.69) is 15.0 Å². The Morgan fingerprint density at radius 3 is 2.75 bits per heavy atom. The first-order valence-corrected chi connectivity index (χ1v) is 8.30. The third-order valence-corrected chi connectivity index (χ3v) is 4.85. The van der Waals surface area contributed by atoms with Gasteiger partial charge in [-0.2, -0.15) is 4.98 Å². The van der Waals surface area contributed by atoms with E-state index in [4.69, 9.17) is 8.94 Å². The minimum atomic E-state index is 0.162. The predicted octanol–water partition coefficient (Wildman–Crippen LogP) is 1.66. The van der Waals surface area contributed by atoms with E-state index < -0.39 is 0 Å². The Labute approximate surface area is 140 Å². The summed E-state index contributed by atoms with van der Waals surface area (Å²) in [6, 6.07) is 2.32. The van der Waals surface area contributed by atoms with Gasteiger partial charge in [-0.3, -0.25) is 4.90 Å². The van der Waals surface area contributed by atoms with Crippen LogP contribution in [0.2, 0.25) is 0 Å². The maximum atomic E-state index is 12.1. The van der Waals surface area contributed by atoms with E-state index in [0.29, 0.717) is 24.3 Å².